The van der Waals surface area contributed by atoms with Gasteiger partial charge in [-0.25, -0.2) is 14.3 Å². The fraction of sp³-hybridized carbons (Fsp3) is 0.188. The van der Waals surface area contributed by atoms with E-state index in [9.17, 15) is 4.79 Å². The van der Waals surface area contributed by atoms with Gasteiger partial charge in [0.15, 0.2) is 11.5 Å². The van der Waals surface area contributed by atoms with Crippen LogP contribution in [0.4, 0.5) is 16.3 Å². The number of hydrogen-bond acceptors (Lipinski definition) is 4. The van der Waals surface area contributed by atoms with Crippen LogP contribution in [0.2, 0.25) is 0 Å². The molecule has 2 N–H and O–H groups in total. The minimum Gasteiger partial charge on any atom is -0.378 e. The molecule has 2 heterocycles. The Balaban J connectivity index is 1.96. The molecular weight excluding hydrogens is 292 g/mol. The van der Waals surface area contributed by atoms with E-state index in [4.69, 9.17) is 0 Å². The summed E-state index contributed by atoms with van der Waals surface area (Å²) in [7, 11) is 5.56. The fourth-order valence-electron chi connectivity index (χ4n) is 2.22. The predicted octanol–water partition coefficient (Wildman–Crippen LogP) is 2.21. The van der Waals surface area contributed by atoms with E-state index in [1.54, 1.807) is 17.8 Å². The van der Waals surface area contributed by atoms with Gasteiger partial charge in [-0.15, -0.1) is 0 Å². The van der Waals surface area contributed by atoms with Crippen molar-refractivity contribution in [2.75, 3.05) is 31.4 Å². The van der Waals surface area contributed by atoms with Gasteiger partial charge < -0.3 is 10.2 Å². The Morgan fingerprint density at radius 2 is 2.04 bits per heavy atom. The van der Waals surface area contributed by atoms with Gasteiger partial charge in [-0.05, 0) is 24.3 Å². The molecular formula is C16H18N6O. The molecule has 0 radical (unpaired) electrons. The molecule has 0 saturated carbocycles. The van der Waals surface area contributed by atoms with E-state index in [-0.39, 0.29) is 6.03 Å². The van der Waals surface area contributed by atoms with Crippen molar-refractivity contribution in [1.29, 1.82) is 0 Å². The van der Waals surface area contributed by atoms with Gasteiger partial charge in [-0.2, -0.15) is 5.10 Å². The Bertz CT molecular complexity index is 855. The van der Waals surface area contributed by atoms with E-state index in [0.717, 1.165) is 16.9 Å². The molecule has 0 fully saturated rings. The summed E-state index contributed by atoms with van der Waals surface area (Å²) in [6, 6.07) is 11.6. The van der Waals surface area contributed by atoms with Crippen LogP contribution < -0.4 is 15.5 Å². The largest absolute Gasteiger partial charge is 0.378 e. The minimum atomic E-state index is -0.313. The molecule has 0 unspecified atom stereocenters. The molecule has 1 aromatic carbocycles. The van der Waals surface area contributed by atoms with Crippen LogP contribution in [-0.4, -0.2) is 41.8 Å². The Labute approximate surface area is 133 Å². The number of aromatic nitrogens is 3. The third-order valence-electron chi connectivity index (χ3n) is 3.45. The number of fused-ring (bicyclic) bond motifs is 1. The minimum absolute atomic E-state index is 0.313. The number of anilines is 2. The van der Waals surface area contributed by atoms with Gasteiger partial charge in [0.2, 0.25) is 0 Å². The first-order valence-corrected chi connectivity index (χ1v) is 7.20. The van der Waals surface area contributed by atoms with Crippen LogP contribution in [0.5, 0.6) is 0 Å². The molecule has 7 nitrogen and oxygen atoms in total. The highest BCUT2D eigenvalue weighted by Crippen LogP contribution is 2.22. The van der Waals surface area contributed by atoms with E-state index in [0.29, 0.717) is 11.5 Å². The summed E-state index contributed by atoms with van der Waals surface area (Å²) in [5.74, 6) is 0.455. The molecule has 118 valence electrons. The molecule has 3 rings (SSSR count). The number of urea groups is 1. The summed E-state index contributed by atoms with van der Waals surface area (Å²) in [4.78, 5) is 17.7. The molecule has 0 saturated heterocycles. The number of imidazole rings is 1. The Morgan fingerprint density at radius 1 is 1.22 bits per heavy atom. The lowest BCUT2D eigenvalue weighted by Crippen LogP contribution is -2.24. The van der Waals surface area contributed by atoms with Crippen LogP contribution >= 0.6 is 0 Å². The predicted molar refractivity (Wildman–Crippen MR) is 90.8 cm³/mol. The van der Waals surface area contributed by atoms with Crippen molar-refractivity contribution in [2.24, 2.45) is 0 Å². The number of nitrogens with zero attached hydrogens (tertiary/aromatic N) is 4. The number of carbonyl (C=O) groups is 1. The second-order valence-corrected chi connectivity index (χ2v) is 5.30. The van der Waals surface area contributed by atoms with E-state index >= 15 is 0 Å². The third-order valence-corrected chi connectivity index (χ3v) is 3.45. The van der Waals surface area contributed by atoms with Crippen LogP contribution in [0.25, 0.3) is 16.9 Å². The average Bonchev–Trinajstić information content (AvgIpc) is 2.96. The number of benzene rings is 1. The first-order valence-electron chi connectivity index (χ1n) is 7.20. The standard InChI is InChI=1S/C16H18N6O/c1-17-16(23)19-14-10-22-15(18-14)8-7-13(20-22)11-5-4-6-12(9-11)21(2)3/h4-10H,1-3H3,(H2,17,19,23). The van der Waals surface area contributed by atoms with Crippen LogP contribution in [0.15, 0.2) is 42.6 Å². The summed E-state index contributed by atoms with van der Waals surface area (Å²) < 4.78 is 1.66. The second-order valence-electron chi connectivity index (χ2n) is 5.30. The number of carbonyl (C=O) groups excluding carboxylic acids is 1. The molecule has 0 atom stereocenters. The van der Waals surface area contributed by atoms with E-state index < -0.39 is 0 Å². The summed E-state index contributed by atoms with van der Waals surface area (Å²) >= 11 is 0. The van der Waals surface area contributed by atoms with Gasteiger partial charge in [0, 0.05) is 32.4 Å². The lowest BCUT2D eigenvalue weighted by molar-refractivity contribution is 0.254. The molecule has 0 spiro atoms. The van der Waals surface area contributed by atoms with Crippen LogP contribution in [-0.2, 0) is 0 Å². The Kier molecular flexibility index (Phi) is 3.84. The lowest BCUT2D eigenvalue weighted by atomic mass is 10.1. The SMILES string of the molecule is CNC(=O)Nc1cn2nc(-c3cccc(N(C)C)c3)ccc2n1. The molecule has 7 heteroatoms. The van der Waals surface area contributed by atoms with Crippen LogP contribution in [0.1, 0.15) is 0 Å². The first-order chi connectivity index (χ1) is 11.1. The van der Waals surface area contributed by atoms with E-state index in [1.165, 1.54) is 0 Å². The van der Waals surface area contributed by atoms with Crippen molar-refractivity contribution in [3.63, 3.8) is 0 Å². The van der Waals surface area contributed by atoms with E-state index in [2.05, 4.69) is 26.8 Å². The van der Waals surface area contributed by atoms with Crippen LogP contribution in [0, 0.1) is 0 Å². The topological polar surface area (TPSA) is 74.6 Å². The van der Waals surface area contributed by atoms with Crippen molar-refractivity contribution < 1.29 is 4.79 Å². The van der Waals surface area contributed by atoms with Gasteiger partial charge in [-0.3, -0.25) is 5.32 Å². The molecule has 0 aliphatic heterocycles. The van der Waals surface area contributed by atoms with Crippen molar-refractivity contribution in [3.05, 3.63) is 42.6 Å². The molecule has 3 aromatic rings. The zero-order valence-corrected chi connectivity index (χ0v) is 13.2. The normalized spacial score (nSPS) is 10.6. The van der Waals surface area contributed by atoms with Gasteiger partial charge >= 0.3 is 6.03 Å². The quantitative estimate of drug-likeness (QED) is 0.778. The third kappa shape index (κ3) is 3.08. The maximum absolute atomic E-state index is 11.4. The highest BCUT2D eigenvalue weighted by molar-refractivity contribution is 5.88. The van der Waals surface area contributed by atoms with Crippen molar-refractivity contribution in [2.45, 2.75) is 0 Å². The van der Waals surface area contributed by atoms with E-state index in [1.807, 2.05) is 49.3 Å². The maximum Gasteiger partial charge on any atom is 0.320 e. The van der Waals surface area contributed by atoms with Crippen molar-refractivity contribution in [1.82, 2.24) is 19.9 Å². The summed E-state index contributed by atoms with van der Waals surface area (Å²) in [5.41, 5.74) is 3.64. The molecule has 23 heavy (non-hydrogen) atoms. The van der Waals surface area contributed by atoms with Crippen molar-refractivity contribution >= 4 is 23.2 Å². The molecule has 2 aromatic heterocycles. The average molecular weight is 310 g/mol. The molecule has 0 bridgehead atoms. The van der Waals surface area contributed by atoms with Gasteiger partial charge in [0.25, 0.3) is 0 Å². The summed E-state index contributed by atoms with van der Waals surface area (Å²) in [5, 5.41) is 9.69. The second kappa shape index (κ2) is 5.96. The number of nitrogens with one attached hydrogen (secondary N) is 2. The van der Waals surface area contributed by atoms with Crippen LogP contribution in [0.3, 0.4) is 0 Å². The zero-order chi connectivity index (χ0) is 16.4. The monoisotopic (exact) mass is 310 g/mol. The number of rotatable bonds is 3. The van der Waals surface area contributed by atoms with Gasteiger partial charge in [0.1, 0.15) is 0 Å². The number of hydrogen-bond donors (Lipinski definition) is 2. The first kappa shape index (κ1) is 14.8. The fourth-order valence-corrected chi connectivity index (χ4v) is 2.22. The molecule has 0 aliphatic carbocycles. The smallest absolute Gasteiger partial charge is 0.320 e. The summed E-state index contributed by atoms with van der Waals surface area (Å²) in [6.45, 7) is 0. The number of amides is 2. The highest BCUT2D eigenvalue weighted by Gasteiger charge is 2.08. The molecule has 0 aliphatic rings. The molecule has 2 amide bonds. The van der Waals surface area contributed by atoms with Crippen molar-refractivity contribution in [3.8, 4) is 11.3 Å². The Hall–Kier alpha value is -3.09. The van der Waals surface area contributed by atoms with Gasteiger partial charge in [0.05, 0.1) is 11.9 Å². The lowest BCUT2D eigenvalue weighted by Gasteiger charge is -2.13. The maximum atomic E-state index is 11.4. The summed E-state index contributed by atoms with van der Waals surface area (Å²) in [6.07, 6.45) is 1.68. The highest BCUT2D eigenvalue weighted by atomic mass is 16.2. The van der Waals surface area contributed by atoms with Gasteiger partial charge in [-0.1, -0.05) is 12.1 Å². The zero-order valence-electron chi connectivity index (χ0n) is 13.2. The Morgan fingerprint density at radius 3 is 2.78 bits per heavy atom.